The van der Waals surface area contributed by atoms with Crippen LogP contribution in [0.5, 0.6) is 0 Å². The number of sulfonamides is 1. The average molecular weight is 536 g/mol. The van der Waals surface area contributed by atoms with E-state index in [9.17, 15) is 27.9 Å². The molecule has 188 valence electrons. The Morgan fingerprint density at radius 1 is 0.811 bits per heavy atom. The van der Waals surface area contributed by atoms with E-state index in [2.05, 4.69) is 10.6 Å². The molecule has 0 bridgehead atoms. The van der Waals surface area contributed by atoms with Crippen LogP contribution in [0.2, 0.25) is 0 Å². The Labute approximate surface area is 216 Å². The number of thioether (sulfide) groups is 1. The lowest BCUT2D eigenvalue weighted by atomic mass is 9.98. The number of carbonyl (C=O) groups is 3. The highest BCUT2D eigenvalue weighted by molar-refractivity contribution is 8.00. The highest BCUT2D eigenvalue weighted by Crippen LogP contribution is 2.26. The zero-order valence-electron chi connectivity index (χ0n) is 19.2. The van der Waals surface area contributed by atoms with Crippen molar-refractivity contribution in [2.75, 3.05) is 16.4 Å². The Kier molecular flexibility index (Phi) is 7.58. The maximum atomic E-state index is 13.0. The molecule has 0 heterocycles. The lowest BCUT2D eigenvalue weighted by molar-refractivity contribution is -0.113. The Balaban J connectivity index is 1.42. The monoisotopic (exact) mass is 535 g/mol. The van der Waals surface area contributed by atoms with E-state index in [-0.39, 0.29) is 27.7 Å². The quantitative estimate of drug-likeness (QED) is 0.247. The Hall–Kier alpha value is -4.19. The first-order valence-corrected chi connectivity index (χ1v) is 13.4. The number of anilines is 2. The molecule has 0 saturated carbocycles. The van der Waals surface area contributed by atoms with Gasteiger partial charge in [-0.1, -0.05) is 30.3 Å². The number of hydrogen-bond acceptors (Lipinski definition) is 6. The fourth-order valence-corrected chi connectivity index (χ4v) is 4.91. The van der Waals surface area contributed by atoms with Crippen molar-refractivity contribution in [2.24, 2.45) is 5.14 Å². The highest BCUT2D eigenvalue weighted by Gasteiger charge is 2.17. The molecule has 0 aliphatic heterocycles. The first-order chi connectivity index (χ1) is 17.6. The molecule has 0 radical (unpaired) electrons. The minimum absolute atomic E-state index is 0.0397. The third-order valence-electron chi connectivity index (χ3n) is 5.31. The van der Waals surface area contributed by atoms with Gasteiger partial charge in [-0.15, -0.1) is 11.8 Å². The van der Waals surface area contributed by atoms with Crippen LogP contribution < -0.4 is 15.8 Å². The summed E-state index contributed by atoms with van der Waals surface area (Å²) >= 11 is 1.24. The normalized spacial score (nSPS) is 11.2. The molecule has 2 amide bonds. The van der Waals surface area contributed by atoms with Gasteiger partial charge >= 0.3 is 5.97 Å². The van der Waals surface area contributed by atoms with Gasteiger partial charge < -0.3 is 15.7 Å². The molecule has 0 aromatic heterocycles. The van der Waals surface area contributed by atoms with Gasteiger partial charge in [0.2, 0.25) is 15.9 Å². The zero-order chi connectivity index (χ0) is 26.6. The van der Waals surface area contributed by atoms with Crippen LogP contribution in [0.4, 0.5) is 11.4 Å². The van der Waals surface area contributed by atoms with Crippen LogP contribution in [0.3, 0.4) is 0 Å². The molecule has 4 rings (SSSR count). The number of fused-ring (bicyclic) bond motifs is 1. The van der Waals surface area contributed by atoms with Crippen LogP contribution in [-0.2, 0) is 14.8 Å². The summed E-state index contributed by atoms with van der Waals surface area (Å²) in [7, 11) is -3.81. The van der Waals surface area contributed by atoms with E-state index in [1.54, 1.807) is 54.6 Å². The minimum atomic E-state index is -3.81. The van der Waals surface area contributed by atoms with E-state index in [1.165, 1.54) is 42.1 Å². The Bertz CT molecular complexity index is 1610. The van der Waals surface area contributed by atoms with Crippen molar-refractivity contribution in [1.29, 1.82) is 0 Å². The summed E-state index contributed by atoms with van der Waals surface area (Å²) in [6.45, 7) is 0. The van der Waals surface area contributed by atoms with Gasteiger partial charge in [0.15, 0.2) is 0 Å². The number of nitrogens with one attached hydrogen (secondary N) is 2. The second-order valence-corrected chi connectivity index (χ2v) is 10.5. The Morgan fingerprint density at radius 3 is 2.11 bits per heavy atom. The van der Waals surface area contributed by atoms with Crippen molar-refractivity contribution in [3.05, 3.63) is 96.1 Å². The van der Waals surface area contributed by atoms with Crippen molar-refractivity contribution in [1.82, 2.24) is 0 Å². The first kappa shape index (κ1) is 25.9. The second kappa shape index (κ2) is 10.8. The van der Waals surface area contributed by atoms with Gasteiger partial charge in [0.05, 0.1) is 16.2 Å². The molecule has 4 aromatic carbocycles. The molecule has 0 aliphatic rings. The van der Waals surface area contributed by atoms with Gasteiger partial charge in [-0.2, -0.15) is 0 Å². The van der Waals surface area contributed by atoms with Crippen LogP contribution in [-0.4, -0.2) is 37.1 Å². The second-order valence-electron chi connectivity index (χ2n) is 7.90. The molecule has 0 atom stereocenters. The SMILES string of the molecule is NS(=O)(=O)c1ccc(NC(=O)CSc2cccc(NC(=O)c3cccc4cccc(C(=O)O)c34)c2)cc1. The fraction of sp³-hybridized carbons (Fsp3) is 0.0385. The van der Waals surface area contributed by atoms with E-state index < -0.39 is 21.9 Å². The molecule has 0 fully saturated rings. The smallest absolute Gasteiger partial charge is 0.336 e. The van der Waals surface area contributed by atoms with Crippen LogP contribution in [0.15, 0.2) is 94.7 Å². The standard InChI is InChI=1S/C26H21N3O6S2/c27-37(34,35)20-12-10-17(11-13-20)28-23(30)15-36-19-7-3-6-18(14-19)29-25(31)21-8-1-4-16-5-2-9-22(24(16)21)26(32)33/h1-14H,15H2,(H,28,30)(H,29,31)(H,32,33)(H2,27,34,35). The van der Waals surface area contributed by atoms with Crippen molar-refractivity contribution in [3.63, 3.8) is 0 Å². The number of carbonyl (C=O) groups excluding carboxylic acids is 2. The number of rotatable bonds is 8. The molecule has 0 aliphatic carbocycles. The van der Waals surface area contributed by atoms with Gasteiger partial charge in [0.25, 0.3) is 5.91 Å². The Morgan fingerprint density at radius 2 is 1.46 bits per heavy atom. The van der Waals surface area contributed by atoms with Crippen molar-refractivity contribution in [2.45, 2.75) is 9.79 Å². The van der Waals surface area contributed by atoms with Gasteiger partial charge in [-0.3, -0.25) is 9.59 Å². The summed E-state index contributed by atoms with van der Waals surface area (Å²) in [5.41, 5.74) is 1.19. The third-order valence-corrected chi connectivity index (χ3v) is 7.23. The number of aromatic carboxylic acids is 1. The van der Waals surface area contributed by atoms with E-state index in [4.69, 9.17) is 5.14 Å². The summed E-state index contributed by atoms with van der Waals surface area (Å²) < 4.78 is 22.7. The van der Waals surface area contributed by atoms with E-state index in [0.29, 0.717) is 22.1 Å². The zero-order valence-corrected chi connectivity index (χ0v) is 20.8. The van der Waals surface area contributed by atoms with Gasteiger partial charge in [0.1, 0.15) is 0 Å². The van der Waals surface area contributed by atoms with Crippen molar-refractivity contribution < 1.29 is 27.9 Å². The first-order valence-electron chi connectivity index (χ1n) is 10.8. The summed E-state index contributed by atoms with van der Waals surface area (Å²) in [6, 6.07) is 22.3. The van der Waals surface area contributed by atoms with Crippen LogP contribution in [0.1, 0.15) is 20.7 Å². The molecule has 0 saturated heterocycles. The van der Waals surface area contributed by atoms with E-state index in [0.717, 1.165) is 4.90 Å². The lowest BCUT2D eigenvalue weighted by Gasteiger charge is -2.11. The predicted octanol–water partition coefficient (Wildman–Crippen LogP) is 4.17. The van der Waals surface area contributed by atoms with Gasteiger partial charge in [0, 0.05) is 27.2 Å². The summed E-state index contributed by atoms with van der Waals surface area (Å²) in [4.78, 5) is 37.7. The topological polar surface area (TPSA) is 156 Å². The lowest BCUT2D eigenvalue weighted by Crippen LogP contribution is -2.15. The molecule has 4 aromatic rings. The molecule has 0 unspecified atom stereocenters. The fourth-order valence-electron chi connectivity index (χ4n) is 3.64. The van der Waals surface area contributed by atoms with Crippen molar-refractivity contribution >= 4 is 61.7 Å². The summed E-state index contributed by atoms with van der Waals surface area (Å²) in [6.07, 6.45) is 0. The van der Waals surface area contributed by atoms with Crippen molar-refractivity contribution in [3.8, 4) is 0 Å². The number of carboxylic acid groups (broad SMARTS) is 1. The number of hydrogen-bond donors (Lipinski definition) is 4. The molecule has 9 nitrogen and oxygen atoms in total. The maximum absolute atomic E-state index is 13.0. The van der Waals surface area contributed by atoms with E-state index in [1.807, 2.05) is 0 Å². The number of carboxylic acids is 1. The highest BCUT2D eigenvalue weighted by atomic mass is 32.2. The molecule has 11 heteroatoms. The van der Waals surface area contributed by atoms with Crippen LogP contribution in [0.25, 0.3) is 10.8 Å². The largest absolute Gasteiger partial charge is 0.478 e. The predicted molar refractivity (Wildman–Crippen MR) is 142 cm³/mol. The summed E-state index contributed by atoms with van der Waals surface area (Å²) in [5.74, 6) is -1.82. The van der Waals surface area contributed by atoms with Gasteiger partial charge in [-0.25, -0.2) is 18.4 Å². The number of amides is 2. The molecule has 0 spiro atoms. The van der Waals surface area contributed by atoms with Crippen LogP contribution in [0, 0.1) is 0 Å². The molecular formula is C26H21N3O6S2. The number of primary sulfonamides is 1. The average Bonchev–Trinajstić information content (AvgIpc) is 2.86. The molecule has 37 heavy (non-hydrogen) atoms. The molecular weight excluding hydrogens is 514 g/mol. The van der Waals surface area contributed by atoms with Gasteiger partial charge in [-0.05, 0) is 60.0 Å². The summed E-state index contributed by atoms with van der Waals surface area (Å²) in [5, 5.41) is 21.1. The van der Waals surface area contributed by atoms with E-state index >= 15 is 0 Å². The van der Waals surface area contributed by atoms with Crippen LogP contribution >= 0.6 is 11.8 Å². The molecule has 5 N–H and O–H groups in total. The number of benzene rings is 4. The number of nitrogens with two attached hydrogens (primary N) is 1. The maximum Gasteiger partial charge on any atom is 0.336 e. The third kappa shape index (κ3) is 6.33. The minimum Gasteiger partial charge on any atom is -0.478 e.